The fourth-order valence-corrected chi connectivity index (χ4v) is 3.72. The van der Waals surface area contributed by atoms with E-state index in [1.54, 1.807) is 12.5 Å². The summed E-state index contributed by atoms with van der Waals surface area (Å²) in [5.74, 6) is 0.335. The molecule has 30 heavy (non-hydrogen) atoms. The first-order valence-corrected chi connectivity index (χ1v) is 10.1. The Morgan fingerprint density at radius 1 is 1.20 bits per heavy atom. The number of carbonyl (C=O) groups is 1. The number of β-amino-alcohol motifs (C(OH)–C–C–N with tert-alkyl or cyclic N) is 1. The van der Waals surface area contributed by atoms with Crippen molar-refractivity contribution in [1.82, 2.24) is 20.2 Å². The first kappa shape index (κ1) is 20.1. The molecule has 156 valence electrons. The first-order chi connectivity index (χ1) is 14.7. The van der Waals surface area contributed by atoms with Crippen LogP contribution < -0.4 is 10.1 Å². The van der Waals surface area contributed by atoms with Crippen molar-refractivity contribution in [2.24, 2.45) is 0 Å². The van der Waals surface area contributed by atoms with E-state index in [2.05, 4.69) is 38.4 Å². The average Bonchev–Trinajstić information content (AvgIpc) is 3.31. The van der Waals surface area contributed by atoms with E-state index in [-0.39, 0.29) is 19.1 Å². The Morgan fingerprint density at radius 2 is 2.00 bits per heavy atom. The van der Waals surface area contributed by atoms with Gasteiger partial charge in [0.15, 0.2) is 6.61 Å². The molecule has 1 amide bonds. The van der Waals surface area contributed by atoms with Crippen LogP contribution in [0.25, 0.3) is 11.3 Å². The number of para-hydroxylation sites is 1. The number of hydrogen-bond acceptors (Lipinski definition) is 5. The topological polar surface area (TPSA) is 90.5 Å². The highest BCUT2D eigenvalue weighted by Crippen LogP contribution is 2.27. The summed E-state index contributed by atoms with van der Waals surface area (Å²) in [7, 11) is 0. The van der Waals surface area contributed by atoms with E-state index >= 15 is 0 Å². The van der Waals surface area contributed by atoms with Gasteiger partial charge in [0.25, 0.3) is 5.91 Å². The molecule has 7 heteroatoms. The summed E-state index contributed by atoms with van der Waals surface area (Å²) in [6.07, 6.45) is 3.66. The molecule has 7 nitrogen and oxygen atoms in total. The van der Waals surface area contributed by atoms with E-state index in [0.717, 1.165) is 30.8 Å². The molecule has 1 unspecified atom stereocenters. The number of rotatable bonds is 8. The van der Waals surface area contributed by atoms with Crippen molar-refractivity contribution >= 4 is 5.91 Å². The summed E-state index contributed by atoms with van der Waals surface area (Å²) < 4.78 is 5.69. The van der Waals surface area contributed by atoms with Crippen molar-refractivity contribution in [3.63, 3.8) is 0 Å². The van der Waals surface area contributed by atoms with E-state index in [1.165, 1.54) is 11.1 Å². The number of aromatic nitrogens is 2. The maximum absolute atomic E-state index is 12.2. The van der Waals surface area contributed by atoms with Gasteiger partial charge in [-0.3, -0.25) is 9.69 Å². The van der Waals surface area contributed by atoms with Crippen molar-refractivity contribution in [2.45, 2.75) is 19.1 Å². The highest BCUT2D eigenvalue weighted by Gasteiger charge is 2.19. The van der Waals surface area contributed by atoms with Gasteiger partial charge in [-0.15, -0.1) is 0 Å². The van der Waals surface area contributed by atoms with E-state index < -0.39 is 6.10 Å². The third-order valence-electron chi connectivity index (χ3n) is 5.25. The fourth-order valence-electron chi connectivity index (χ4n) is 3.72. The number of H-pyrrole nitrogens is 1. The summed E-state index contributed by atoms with van der Waals surface area (Å²) >= 11 is 0. The summed E-state index contributed by atoms with van der Waals surface area (Å²) in [5.41, 5.74) is 4.35. The summed E-state index contributed by atoms with van der Waals surface area (Å²) in [6, 6.07) is 15.9. The Hall–Kier alpha value is -3.16. The molecule has 0 saturated heterocycles. The molecular formula is C23H26N4O3. The lowest BCUT2D eigenvalue weighted by Crippen LogP contribution is -2.42. The second kappa shape index (κ2) is 9.56. The van der Waals surface area contributed by atoms with Gasteiger partial charge in [-0.05, 0) is 29.7 Å². The van der Waals surface area contributed by atoms with Crippen molar-refractivity contribution < 1.29 is 14.6 Å². The summed E-state index contributed by atoms with van der Waals surface area (Å²) in [5, 5.41) is 13.1. The molecule has 0 fully saturated rings. The molecule has 1 aliphatic rings. The summed E-state index contributed by atoms with van der Waals surface area (Å²) in [4.78, 5) is 21.5. The van der Waals surface area contributed by atoms with Gasteiger partial charge in [-0.2, -0.15) is 0 Å². The van der Waals surface area contributed by atoms with Crippen molar-refractivity contribution in [1.29, 1.82) is 0 Å². The van der Waals surface area contributed by atoms with Gasteiger partial charge < -0.3 is 20.1 Å². The molecule has 0 aliphatic carbocycles. The Bertz CT molecular complexity index is 974. The van der Waals surface area contributed by atoms with Crippen LogP contribution in [0, 0.1) is 0 Å². The van der Waals surface area contributed by atoms with E-state index in [1.807, 2.05) is 30.3 Å². The second-order valence-electron chi connectivity index (χ2n) is 7.46. The minimum absolute atomic E-state index is 0.116. The van der Waals surface area contributed by atoms with Gasteiger partial charge in [0.1, 0.15) is 5.75 Å². The van der Waals surface area contributed by atoms with Crippen LogP contribution in [0.4, 0.5) is 0 Å². The Kier molecular flexibility index (Phi) is 6.41. The number of benzene rings is 2. The fraction of sp³-hybridized carbons (Fsp3) is 0.304. The second-order valence-corrected chi connectivity index (χ2v) is 7.46. The zero-order valence-electron chi connectivity index (χ0n) is 16.8. The molecule has 1 aliphatic heterocycles. The van der Waals surface area contributed by atoms with Crippen LogP contribution in [0.3, 0.4) is 0 Å². The molecule has 2 heterocycles. The lowest BCUT2D eigenvalue weighted by molar-refractivity contribution is -0.123. The van der Waals surface area contributed by atoms with Crippen molar-refractivity contribution in [3.8, 4) is 17.0 Å². The van der Waals surface area contributed by atoms with Crippen LogP contribution in [0.15, 0.2) is 61.1 Å². The molecule has 3 aromatic rings. The van der Waals surface area contributed by atoms with Crippen LogP contribution in [-0.2, 0) is 17.8 Å². The van der Waals surface area contributed by atoms with Crippen LogP contribution in [-0.4, -0.2) is 58.2 Å². The largest absolute Gasteiger partial charge is 0.483 e. The van der Waals surface area contributed by atoms with Gasteiger partial charge in [0, 0.05) is 31.7 Å². The minimum atomic E-state index is -0.628. The first-order valence-electron chi connectivity index (χ1n) is 10.1. The molecule has 0 saturated carbocycles. The maximum Gasteiger partial charge on any atom is 0.258 e. The number of ether oxygens (including phenoxy) is 1. The number of nitrogens with one attached hydrogen (secondary N) is 2. The van der Waals surface area contributed by atoms with Gasteiger partial charge in [0.05, 0.1) is 24.3 Å². The van der Waals surface area contributed by atoms with Gasteiger partial charge in [-0.25, -0.2) is 4.98 Å². The number of amides is 1. The highest BCUT2D eigenvalue weighted by atomic mass is 16.5. The van der Waals surface area contributed by atoms with Crippen LogP contribution >= 0.6 is 0 Å². The Morgan fingerprint density at radius 3 is 2.83 bits per heavy atom. The molecule has 2 aromatic carbocycles. The number of imidazole rings is 1. The number of aliphatic hydroxyl groups is 1. The molecule has 4 rings (SSSR count). The van der Waals surface area contributed by atoms with Crippen LogP contribution in [0.5, 0.6) is 5.75 Å². The maximum atomic E-state index is 12.2. The SMILES string of the molecule is O=C(COc1ccccc1-c1cnc[nH]1)NCC(O)CN1CCc2ccccc2C1. The molecule has 0 spiro atoms. The predicted octanol–water partition coefficient (Wildman–Crippen LogP) is 1.99. The highest BCUT2D eigenvalue weighted by molar-refractivity contribution is 5.78. The molecular weight excluding hydrogens is 380 g/mol. The monoisotopic (exact) mass is 406 g/mol. The number of carbonyl (C=O) groups excluding carboxylic acids is 1. The minimum Gasteiger partial charge on any atom is -0.483 e. The molecule has 1 aromatic heterocycles. The molecule has 0 radical (unpaired) electrons. The number of aliphatic hydroxyl groups excluding tert-OH is 1. The third-order valence-corrected chi connectivity index (χ3v) is 5.25. The molecule has 3 N–H and O–H groups in total. The van der Waals surface area contributed by atoms with Crippen molar-refractivity contribution in [3.05, 3.63) is 72.2 Å². The quantitative estimate of drug-likeness (QED) is 0.532. The predicted molar refractivity (Wildman–Crippen MR) is 114 cm³/mol. The van der Waals surface area contributed by atoms with Gasteiger partial charge in [-0.1, -0.05) is 36.4 Å². The number of hydrogen-bond donors (Lipinski definition) is 3. The van der Waals surface area contributed by atoms with Gasteiger partial charge >= 0.3 is 0 Å². The summed E-state index contributed by atoms with van der Waals surface area (Å²) in [6.45, 7) is 2.35. The van der Waals surface area contributed by atoms with Crippen molar-refractivity contribution in [2.75, 3.05) is 26.2 Å². The number of nitrogens with zero attached hydrogens (tertiary/aromatic N) is 2. The Balaban J connectivity index is 1.22. The lowest BCUT2D eigenvalue weighted by atomic mass is 10.00. The Labute approximate surface area is 175 Å². The van der Waals surface area contributed by atoms with Crippen LogP contribution in [0.1, 0.15) is 11.1 Å². The molecule has 1 atom stereocenters. The number of aromatic amines is 1. The normalized spacial score (nSPS) is 14.7. The molecule has 0 bridgehead atoms. The third kappa shape index (κ3) is 5.06. The van der Waals surface area contributed by atoms with Crippen LogP contribution in [0.2, 0.25) is 0 Å². The van der Waals surface area contributed by atoms with Gasteiger partial charge in [0.2, 0.25) is 0 Å². The zero-order chi connectivity index (χ0) is 20.8. The smallest absolute Gasteiger partial charge is 0.258 e. The standard InChI is InChI=1S/C23H26N4O3/c28-19(14-27-10-9-17-5-1-2-6-18(17)13-27)11-25-23(29)15-30-22-8-4-3-7-20(22)21-12-24-16-26-21/h1-8,12,16,19,28H,9-11,13-15H2,(H,24,26)(H,25,29). The van der Waals surface area contributed by atoms with E-state index in [0.29, 0.717) is 12.3 Å². The average molecular weight is 406 g/mol. The number of fused-ring (bicyclic) bond motifs is 1. The lowest BCUT2D eigenvalue weighted by Gasteiger charge is -2.30. The van der Waals surface area contributed by atoms with E-state index in [9.17, 15) is 9.90 Å². The zero-order valence-corrected chi connectivity index (χ0v) is 16.8. The van der Waals surface area contributed by atoms with E-state index in [4.69, 9.17) is 4.74 Å².